The SMILES string of the molecule is CCCCCCC/C=C/C(=O)N(O)CCC[NH3+]. The summed E-state index contributed by atoms with van der Waals surface area (Å²) in [6.07, 6.45) is 11.1. The molecule has 0 bridgehead atoms. The maximum Gasteiger partial charge on any atom is 0.269 e. The number of allylic oxidation sites excluding steroid dienone is 1. The molecule has 4 N–H and O–H groups in total. The Morgan fingerprint density at radius 1 is 1.24 bits per heavy atom. The third-order valence-electron chi connectivity index (χ3n) is 2.61. The van der Waals surface area contributed by atoms with Gasteiger partial charge >= 0.3 is 0 Å². The smallest absolute Gasteiger partial charge is 0.269 e. The Balaban J connectivity index is 3.52. The standard InChI is InChI=1S/C13H26N2O2/c1-2-3-4-5-6-7-8-10-13(16)15(17)12-9-11-14/h8,10,17H,2-7,9,11-12,14H2,1H3/p+1/b10-8+. The number of hydrogen-bond donors (Lipinski definition) is 2. The number of unbranched alkanes of at least 4 members (excludes halogenated alkanes) is 5. The van der Waals surface area contributed by atoms with E-state index in [1.807, 2.05) is 6.08 Å². The van der Waals surface area contributed by atoms with Crippen molar-refractivity contribution in [2.75, 3.05) is 13.1 Å². The number of hydroxylamine groups is 2. The molecule has 4 nitrogen and oxygen atoms in total. The maximum atomic E-state index is 11.4. The predicted molar refractivity (Wildman–Crippen MR) is 68.4 cm³/mol. The molecule has 0 spiro atoms. The van der Waals surface area contributed by atoms with Gasteiger partial charge < -0.3 is 5.73 Å². The number of rotatable bonds is 10. The van der Waals surface area contributed by atoms with Crippen LogP contribution in [-0.4, -0.2) is 29.3 Å². The van der Waals surface area contributed by atoms with Crippen LogP contribution in [0.25, 0.3) is 0 Å². The number of hydrogen-bond acceptors (Lipinski definition) is 2. The fourth-order valence-electron chi connectivity index (χ4n) is 1.51. The topological polar surface area (TPSA) is 68.2 Å². The molecule has 1 amide bonds. The van der Waals surface area contributed by atoms with Gasteiger partial charge in [-0.05, 0) is 12.8 Å². The average Bonchev–Trinajstić information content (AvgIpc) is 2.34. The van der Waals surface area contributed by atoms with Crippen LogP contribution in [-0.2, 0) is 4.79 Å². The molecule has 0 aliphatic rings. The first-order valence-electron chi connectivity index (χ1n) is 6.68. The lowest BCUT2D eigenvalue weighted by Crippen LogP contribution is -2.51. The minimum Gasteiger partial charge on any atom is -0.358 e. The Hall–Kier alpha value is -0.870. The number of amides is 1. The highest BCUT2D eigenvalue weighted by Gasteiger charge is 2.05. The molecular formula is C13H27N2O2+. The highest BCUT2D eigenvalue weighted by Crippen LogP contribution is 2.05. The zero-order valence-electron chi connectivity index (χ0n) is 11.0. The molecule has 0 radical (unpaired) electrons. The predicted octanol–water partition coefficient (Wildman–Crippen LogP) is 1.75. The van der Waals surface area contributed by atoms with E-state index in [9.17, 15) is 10.0 Å². The van der Waals surface area contributed by atoms with Gasteiger partial charge in [0.05, 0.1) is 13.1 Å². The summed E-state index contributed by atoms with van der Waals surface area (Å²) < 4.78 is 0. The van der Waals surface area contributed by atoms with Gasteiger partial charge in [0.25, 0.3) is 5.91 Å². The summed E-state index contributed by atoms with van der Waals surface area (Å²) in [6.45, 7) is 3.29. The van der Waals surface area contributed by atoms with E-state index >= 15 is 0 Å². The van der Waals surface area contributed by atoms with Gasteiger partial charge in [0.1, 0.15) is 0 Å². The van der Waals surface area contributed by atoms with Crippen molar-refractivity contribution in [3.8, 4) is 0 Å². The van der Waals surface area contributed by atoms with E-state index in [0.29, 0.717) is 6.54 Å². The van der Waals surface area contributed by atoms with Crippen molar-refractivity contribution >= 4 is 5.91 Å². The molecule has 0 atom stereocenters. The quantitative estimate of drug-likeness (QED) is 0.266. The molecular weight excluding hydrogens is 216 g/mol. The molecule has 0 aliphatic carbocycles. The van der Waals surface area contributed by atoms with Crippen molar-refractivity contribution in [1.29, 1.82) is 0 Å². The van der Waals surface area contributed by atoms with Gasteiger partial charge in [-0.3, -0.25) is 10.0 Å². The van der Waals surface area contributed by atoms with Crippen molar-refractivity contribution in [1.82, 2.24) is 5.06 Å². The van der Waals surface area contributed by atoms with E-state index in [-0.39, 0.29) is 5.91 Å². The monoisotopic (exact) mass is 243 g/mol. The Bertz CT molecular complexity index is 217. The first-order chi connectivity index (χ1) is 8.22. The molecule has 0 rings (SSSR count). The minimum absolute atomic E-state index is 0.327. The van der Waals surface area contributed by atoms with Crippen LogP contribution in [0.4, 0.5) is 0 Å². The van der Waals surface area contributed by atoms with Gasteiger partial charge in [0.15, 0.2) is 0 Å². The van der Waals surface area contributed by atoms with Crippen molar-refractivity contribution in [2.45, 2.75) is 51.9 Å². The Morgan fingerprint density at radius 3 is 2.59 bits per heavy atom. The van der Waals surface area contributed by atoms with E-state index in [2.05, 4.69) is 12.7 Å². The molecule has 0 aromatic carbocycles. The number of carbonyl (C=O) groups is 1. The van der Waals surface area contributed by atoms with Crippen molar-refractivity contribution in [3.63, 3.8) is 0 Å². The van der Waals surface area contributed by atoms with Crippen LogP contribution in [0.1, 0.15) is 51.9 Å². The molecule has 100 valence electrons. The van der Waals surface area contributed by atoms with Crippen LogP contribution < -0.4 is 5.73 Å². The zero-order valence-corrected chi connectivity index (χ0v) is 11.0. The fourth-order valence-corrected chi connectivity index (χ4v) is 1.51. The maximum absolute atomic E-state index is 11.4. The summed E-state index contributed by atoms with van der Waals surface area (Å²) in [6, 6.07) is 0. The molecule has 0 aliphatic heterocycles. The zero-order chi connectivity index (χ0) is 12.9. The summed E-state index contributed by atoms with van der Waals surface area (Å²) in [7, 11) is 0. The van der Waals surface area contributed by atoms with Crippen LogP contribution in [0.3, 0.4) is 0 Å². The molecule has 0 heterocycles. The summed E-state index contributed by atoms with van der Waals surface area (Å²) in [5.74, 6) is -0.327. The highest BCUT2D eigenvalue weighted by molar-refractivity contribution is 5.86. The van der Waals surface area contributed by atoms with Crippen molar-refractivity contribution in [3.05, 3.63) is 12.2 Å². The molecule has 4 heteroatoms. The minimum atomic E-state index is -0.327. The first-order valence-corrected chi connectivity index (χ1v) is 6.68. The van der Waals surface area contributed by atoms with E-state index in [1.54, 1.807) is 0 Å². The molecule has 0 aromatic heterocycles. The van der Waals surface area contributed by atoms with Gasteiger partial charge in [0.2, 0.25) is 0 Å². The van der Waals surface area contributed by atoms with Crippen LogP contribution in [0.15, 0.2) is 12.2 Å². The van der Waals surface area contributed by atoms with E-state index < -0.39 is 0 Å². The van der Waals surface area contributed by atoms with Gasteiger partial charge in [-0.15, -0.1) is 0 Å². The van der Waals surface area contributed by atoms with E-state index in [1.165, 1.54) is 31.8 Å². The number of quaternary nitrogens is 1. The molecule has 0 saturated carbocycles. The molecule has 0 unspecified atom stereocenters. The fraction of sp³-hybridized carbons (Fsp3) is 0.769. The highest BCUT2D eigenvalue weighted by atomic mass is 16.5. The first kappa shape index (κ1) is 16.1. The second-order valence-electron chi connectivity index (χ2n) is 4.27. The van der Waals surface area contributed by atoms with Gasteiger partial charge in [0, 0.05) is 12.5 Å². The van der Waals surface area contributed by atoms with Crippen molar-refractivity contribution in [2.24, 2.45) is 0 Å². The average molecular weight is 243 g/mol. The van der Waals surface area contributed by atoms with Crippen molar-refractivity contribution < 1.29 is 15.7 Å². The largest absolute Gasteiger partial charge is 0.358 e. The third kappa shape index (κ3) is 10.0. The molecule has 0 aromatic rings. The van der Waals surface area contributed by atoms with Gasteiger partial charge in [-0.2, -0.15) is 0 Å². The summed E-state index contributed by atoms with van der Waals surface area (Å²) in [5, 5.41) is 10.1. The van der Waals surface area contributed by atoms with Crippen LogP contribution in [0.5, 0.6) is 0 Å². The summed E-state index contributed by atoms with van der Waals surface area (Å²) in [5.41, 5.74) is 3.66. The van der Waals surface area contributed by atoms with E-state index in [0.717, 1.165) is 30.9 Å². The second-order valence-corrected chi connectivity index (χ2v) is 4.27. The second kappa shape index (κ2) is 11.6. The summed E-state index contributed by atoms with van der Waals surface area (Å²) in [4.78, 5) is 11.4. The number of nitrogens with zero attached hydrogens (tertiary/aromatic N) is 1. The lowest BCUT2D eigenvalue weighted by atomic mass is 10.1. The normalized spacial score (nSPS) is 11.0. The Kier molecular flexibility index (Phi) is 11.0. The van der Waals surface area contributed by atoms with E-state index in [4.69, 9.17) is 0 Å². The lowest BCUT2D eigenvalue weighted by Gasteiger charge is -2.10. The Labute approximate surface area is 104 Å². The third-order valence-corrected chi connectivity index (χ3v) is 2.61. The number of carbonyl (C=O) groups excluding carboxylic acids is 1. The Morgan fingerprint density at radius 2 is 1.94 bits per heavy atom. The molecule has 17 heavy (non-hydrogen) atoms. The summed E-state index contributed by atoms with van der Waals surface area (Å²) >= 11 is 0. The van der Waals surface area contributed by atoms with Gasteiger partial charge in [-0.1, -0.05) is 38.7 Å². The van der Waals surface area contributed by atoms with Crippen LogP contribution in [0.2, 0.25) is 0 Å². The van der Waals surface area contributed by atoms with Crippen LogP contribution >= 0.6 is 0 Å². The van der Waals surface area contributed by atoms with Gasteiger partial charge in [-0.25, -0.2) is 5.06 Å². The lowest BCUT2D eigenvalue weighted by molar-refractivity contribution is -0.369. The molecule has 0 saturated heterocycles. The van der Waals surface area contributed by atoms with Crippen LogP contribution in [0, 0.1) is 0 Å². The molecule has 0 fully saturated rings.